The van der Waals surface area contributed by atoms with E-state index in [4.69, 9.17) is 27.7 Å². The Kier molecular flexibility index (Phi) is 5.75. The van der Waals surface area contributed by atoms with Crippen molar-refractivity contribution in [3.05, 3.63) is 62.9 Å². The lowest BCUT2D eigenvalue weighted by Crippen LogP contribution is -2.37. The molecule has 164 valence electrons. The lowest BCUT2D eigenvalue weighted by molar-refractivity contribution is -0.116. The number of nitrogens with one attached hydrogen (secondary N) is 1. The molecule has 1 aromatic heterocycles. The minimum absolute atomic E-state index is 0.0752. The molecule has 0 aliphatic carbocycles. The van der Waals surface area contributed by atoms with Gasteiger partial charge in [-0.05, 0) is 30.7 Å². The van der Waals surface area contributed by atoms with E-state index in [0.29, 0.717) is 17.1 Å². The molecule has 0 unspecified atom stereocenters. The first kappa shape index (κ1) is 22.0. The van der Waals surface area contributed by atoms with E-state index in [0.717, 1.165) is 10.5 Å². The van der Waals surface area contributed by atoms with Crippen LogP contribution in [0.15, 0.2) is 34.9 Å². The largest absolute Gasteiger partial charge is 0.334 e. The molecule has 2 aromatic carbocycles. The van der Waals surface area contributed by atoms with E-state index >= 15 is 0 Å². The van der Waals surface area contributed by atoms with Gasteiger partial charge in [-0.1, -0.05) is 54.3 Å². The molecule has 4 rings (SSSR count). The molecule has 32 heavy (non-hydrogen) atoms. The Balaban J connectivity index is 1.58. The highest BCUT2D eigenvalue weighted by molar-refractivity contribution is 6.43. The van der Waals surface area contributed by atoms with Crippen LogP contribution in [0.3, 0.4) is 0 Å². The number of imide groups is 1. The Morgan fingerprint density at radius 1 is 1.09 bits per heavy atom. The van der Waals surface area contributed by atoms with Gasteiger partial charge in [-0.15, -0.1) is 0 Å². The van der Waals surface area contributed by atoms with Gasteiger partial charge in [0.05, 0.1) is 32.4 Å². The SMILES string of the molecule is Cc1cccc(-c2nc(C(C)C)no2)c1NC(=O)CN1C(=O)c2cc(Cl)c(Cl)cc2C1=O. The third kappa shape index (κ3) is 3.87. The summed E-state index contributed by atoms with van der Waals surface area (Å²) in [4.78, 5) is 43.4. The molecular formula is C22H18Cl2N4O4. The van der Waals surface area contributed by atoms with Crippen molar-refractivity contribution in [2.45, 2.75) is 26.7 Å². The van der Waals surface area contributed by atoms with Gasteiger partial charge in [0.2, 0.25) is 5.91 Å². The van der Waals surface area contributed by atoms with Crippen molar-refractivity contribution in [3.8, 4) is 11.5 Å². The number of halogens is 2. The number of anilines is 1. The fourth-order valence-electron chi connectivity index (χ4n) is 3.34. The average Bonchev–Trinajstić information content (AvgIpc) is 3.31. The highest BCUT2D eigenvalue weighted by Crippen LogP contribution is 2.33. The van der Waals surface area contributed by atoms with Gasteiger partial charge in [-0.2, -0.15) is 4.98 Å². The number of nitrogens with zero attached hydrogens (tertiary/aromatic N) is 3. The van der Waals surface area contributed by atoms with E-state index in [-0.39, 0.29) is 33.0 Å². The van der Waals surface area contributed by atoms with Gasteiger partial charge in [-0.3, -0.25) is 19.3 Å². The summed E-state index contributed by atoms with van der Waals surface area (Å²) in [5, 5.41) is 7.04. The van der Waals surface area contributed by atoms with Crippen molar-refractivity contribution in [1.82, 2.24) is 15.0 Å². The number of hydrogen-bond acceptors (Lipinski definition) is 6. The molecule has 1 aliphatic rings. The maximum atomic E-state index is 12.8. The van der Waals surface area contributed by atoms with Crippen molar-refractivity contribution < 1.29 is 18.9 Å². The summed E-state index contributed by atoms with van der Waals surface area (Å²) >= 11 is 11.9. The van der Waals surface area contributed by atoms with E-state index in [9.17, 15) is 14.4 Å². The quantitative estimate of drug-likeness (QED) is 0.538. The topological polar surface area (TPSA) is 105 Å². The fraction of sp³-hybridized carbons (Fsp3) is 0.227. The number of hydrogen-bond donors (Lipinski definition) is 1. The molecule has 0 saturated carbocycles. The summed E-state index contributed by atoms with van der Waals surface area (Å²) in [7, 11) is 0. The summed E-state index contributed by atoms with van der Waals surface area (Å²) in [6.45, 7) is 5.22. The zero-order chi connectivity index (χ0) is 23.2. The third-order valence-corrected chi connectivity index (χ3v) is 5.76. The highest BCUT2D eigenvalue weighted by atomic mass is 35.5. The number of carbonyl (C=O) groups is 3. The summed E-state index contributed by atoms with van der Waals surface area (Å²) in [6, 6.07) is 8.02. The summed E-state index contributed by atoms with van der Waals surface area (Å²) < 4.78 is 5.37. The second-order valence-corrected chi connectivity index (χ2v) is 8.48. The van der Waals surface area contributed by atoms with Crippen molar-refractivity contribution in [1.29, 1.82) is 0 Å². The predicted molar refractivity (Wildman–Crippen MR) is 119 cm³/mol. The molecule has 0 spiro atoms. The standard InChI is InChI=1S/C22H18Cl2N4O4/c1-10(2)19-26-20(32-27-19)12-6-4-5-11(3)18(12)25-17(29)9-28-21(30)13-7-15(23)16(24)8-14(13)22(28)31/h4-8,10H,9H2,1-3H3,(H,25,29). The van der Waals surface area contributed by atoms with E-state index in [1.807, 2.05) is 26.8 Å². The Labute approximate surface area is 193 Å². The van der Waals surface area contributed by atoms with Crippen LogP contribution in [0.25, 0.3) is 11.5 Å². The van der Waals surface area contributed by atoms with Gasteiger partial charge in [0, 0.05) is 5.92 Å². The Hall–Kier alpha value is -3.23. The van der Waals surface area contributed by atoms with E-state index in [2.05, 4.69) is 15.5 Å². The molecule has 2 heterocycles. The molecule has 0 radical (unpaired) electrons. The fourth-order valence-corrected chi connectivity index (χ4v) is 3.67. The van der Waals surface area contributed by atoms with Gasteiger partial charge in [-0.25, -0.2) is 0 Å². The van der Waals surface area contributed by atoms with E-state index in [1.54, 1.807) is 12.1 Å². The lowest BCUT2D eigenvalue weighted by atomic mass is 10.1. The number of carbonyl (C=O) groups excluding carboxylic acids is 3. The zero-order valence-electron chi connectivity index (χ0n) is 17.4. The van der Waals surface area contributed by atoms with Crippen LogP contribution in [0, 0.1) is 6.92 Å². The van der Waals surface area contributed by atoms with Gasteiger partial charge < -0.3 is 9.84 Å². The number of benzene rings is 2. The summed E-state index contributed by atoms with van der Waals surface area (Å²) in [5.74, 6) is -0.897. The molecule has 3 amide bonds. The molecule has 1 N–H and O–H groups in total. The van der Waals surface area contributed by atoms with Gasteiger partial charge in [0.1, 0.15) is 6.54 Å². The number of aryl methyl sites for hydroxylation is 1. The first-order valence-electron chi connectivity index (χ1n) is 9.76. The number of para-hydroxylation sites is 1. The minimum atomic E-state index is -0.609. The zero-order valence-corrected chi connectivity index (χ0v) is 18.9. The van der Waals surface area contributed by atoms with Crippen LogP contribution < -0.4 is 5.32 Å². The van der Waals surface area contributed by atoms with Crippen molar-refractivity contribution in [2.75, 3.05) is 11.9 Å². The highest BCUT2D eigenvalue weighted by Gasteiger charge is 2.37. The number of amides is 3. The lowest BCUT2D eigenvalue weighted by Gasteiger charge is -2.16. The van der Waals surface area contributed by atoms with Crippen LogP contribution in [0.1, 0.15) is 51.9 Å². The van der Waals surface area contributed by atoms with Gasteiger partial charge in [0.15, 0.2) is 5.82 Å². The molecule has 0 fully saturated rings. The minimum Gasteiger partial charge on any atom is -0.334 e. The third-order valence-electron chi connectivity index (χ3n) is 5.04. The van der Waals surface area contributed by atoms with Crippen LogP contribution in [0.4, 0.5) is 5.69 Å². The van der Waals surface area contributed by atoms with E-state index < -0.39 is 24.3 Å². The number of aromatic nitrogens is 2. The van der Waals surface area contributed by atoms with Crippen molar-refractivity contribution >= 4 is 46.6 Å². The van der Waals surface area contributed by atoms with Gasteiger partial charge >= 0.3 is 0 Å². The van der Waals surface area contributed by atoms with Crippen molar-refractivity contribution in [2.24, 2.45) is 0 Å². The van der Waals surface area contributed by atoms with Crippen LogP contribution in [-0.4, -0.2) is 39.3 Å². The average molecular weight is 473 g/mol. The Morgan fingerprint density at radius 2 is 1.72 bits per heavy atom. The Morgan fingerprint density at radius 3 is 2.28 bits per heavy atom. The molecule has 0 saturated heterocycles. The first-order valence-corrected chi connectivity index (χ1v) is 10.5. The van der Waals surface area contributed by atoms with E-state index in [1.165, 1.54) is 12.1 Å². The van der Waals surface area contributed by atoms with Crippen molar-refractivity contribution in [3.63, 3.8) is 0 Å². The monoisotopic (exact) mass is 472 g/mol. The van der Waals surface area contributed by atoms with Crippen LogP contribution in [-0.2, 0) is 4.79 Å². The maximum Gasteiger partial charge on any atom is 0.262 e. The molecule has 0 bridgehead atoms. The number of rotatable bonds is 5. The number of fused-ring (bicyclic) bond motifs is 1. The first-order chi connectivity index (χ1) is 15.2. The maximum absolute atomic E-state index is 12.8. The summed E-state index contributed by atoms with van der Waals surface area (Å²) in [5.41, 5.74) is 1.97. The molecule has 0 atom stereocenters. The molecule has 3 aromatic rings. The smallest absolute Gasteiger partial charge is 0.262 e. The molecule has 1 aliphatic heterocycles. The molecule has 10 heteroatoms. The second-order valence-electron chi connectivity index (χ2n) is 7.67. The van der Waals surface area contributed by atoms with Gasteiger partial charge in [0.25, 0.3) is 17.7 Å². The second kappa shape index (κ2) is 8.37. The Bertz CT molecular complexity index is 1230. The predicted octanol–water partition coefficient (Wildman–Crippen LogP) is 4.71. The van der Waals surface area contributed by atoms with Crippen LogP contribution in [0.2, 0.25) is 10.0 Å². The normalized spacial score (nSPS) is 13.1. The molecule has 8 nitrogen and oxygen atoms in total. The summed E-state index contributed by atoms with van der Waals surface area (Å²) in [6.07, 6.45) is 0. The van der Waals surface area contributed by atoms with Crippen LogP contribution in [0.5, 0.6) is 0 Å². The molecular weight excluding hydrogens is 455 g/mol. The van der Waals surface area contributed by atoms with Crippen LogP contribution >= 0.6 is 23.2 Å².